The molecule has 1 amide bonds. The van der Waals surface area contributed by atoms with E-state index in [1.165, 1.54) is 0 Å². The fourth-order valence-corrected chi connectivity index (χ4v) is 2.31. The number of hydrogen-bond donors (Lipinski definition) is 1. The average molecular weight is 292 g/mol. The highest BCUT2D eigenvalue weighted by molar-refractivity contribution is 5.68. The average Bonchev–Trinajstić information content (AvgIpc) is 2.85. The van der Waals surface area contributed by atoms with Gasteiger partial charge in [-0.05, 0) is 40.0 Å². The van der Waals surface area contributed by atoms with E-state index in [9.17, 15) is 4.79 Å². The fourth-order valence-electron chi connectivity index (χ4n) is 2.31. The first-order chi connectivity index (χ1) is 9.85. The number of ether oxygens (including phenoxy) is 1. The number of aryl methyl sites for hydroxylation is 1. The third-order valence-electron chi connectivity index (χ3n) is 3.38. The Labute approximate surface area is 125 Å². The molecule has 0 saturated carbocycles. The van der Waals surface area contributed by atoms with Crippen molar-refractivity contribution in [2.75, 3.05) is 25.0 Å². The maximum atomic E-state index is 12.0. The van der Waals surface area contributed by atoms with Crippen LogP contribution in [0.3, 0.4) is 0 Å². The quantitative estimate of drug-likeness (QED) is 0.927. The number of aromatic nitrogens is 2. The number of carbonyl (C=O) groups is 1. The number of anilines is 1. The molecule has 116 valence electrons. The van der Waals surface area contributed by atoms with E-state index in [1.54, 1.807) is 17.3 Å². The molecule has 6 heteroatoms. The lowest BCUT2D eigenvalue weighted by Gasteiger charge is -2.24. The van der Waals surface area contributed by atoms with Crippen LogP contribution in [0.2, 0.25) is 0 Å². The fraction of sp³-hybridized carbons (Fsp3) is 0.667. The van der Waals surface area contributed by atoms with Crippen molar-refractivity contribution in [2.45, 2.75) is 39.7 Å². The van der Waals surface area contributed by atoms with Crippen molar-refractivity contribution in [2.24, 2.45) is 5.92 Å². The number of nitrogens with zero attached hydrogens (tertiary/aromatic N) is 3. The van der Waals surface area contributed by atoms with Crippen LogP contribution in [-0.4, -0.2) is 46.2 Å². The summed E-state index contributed by atoms with van der Waals surface area (Å²) in [5.41, 5.74) is 0.448. The van der Waals surface area contributed by atoms with Crippen molar-refractivity contribution in [3.05, 3.63) is 18.1 Å². The zero-order valence-corrected chi connectivity index (χ0v) is 13.2. The Hall–Kier alpha value is -1.85. The molecule has 21 heavy (non-hydrogen) atoms. The molecule has 1 aliphatic rings. The minimum absolute atomic E-state index is 0.222. The lowest BCUT2D eigenvalue weighted by molar-refractivity contribution is 0.0289. The third-order valence-corrected chi connectivity index (χ3v) is 3.38. The van der Waals surface area contributed by atoms with Gasteiger partial charge in [-0.2, -0.15) is 0 Å². The summed E-state index contributed by atoms with van der Waals surface area (Å²) in [5.74, 6) is 1.23. The first-order valence-electron chi connectivity index (χ1n) is 7.34. The van der Waals surface area contributed by atoms with E-state index >= 15 is 0 Å². The molecule has 2 heterocycles. The molecule has 1 fully saturated rings. The molecule has 1 saturated heterocycles. The summed E-state index contributed by atoms with van der Waals surface area (Å²) in [5, 5.41) is 3.31. The third kappa shape index (κ3) is 4.58. The zero-order chi connectivity index (χ0) is 15.5. The Morgan fingerprint density at radius 3 is 2.81 bits per heavy atom. The summed E-state index contributed by atoms with van der Waals surface area (Å²) in [6.07, 6.45) is 4.11. The number of carbonyl (C=O) groups excluding carboxylic acids is 1. The minimum atomic E-state index is -0.440. The molecule has 0 aromatic carbocycles. The number of amides is 1. The van der Waals surface area contributed by atoms with Crippen LogP contribution in [0.1, 0.15) is 32.9 Å². The van der Waals surface area contributed by atoms with Gasteiger partial charge in [0.1, 0.15) is 11.4 Å². The maximum absolute atomic E-state index is 12.0. The molecular weight excluding hydrogens is 268 g/mol. The summed E-state index contributed by atoms with van der Waals surface area (Å²) < 4.78 is 5.40. The van der Waals surface area contributed by atoms with Crippen LogP contribution in [0.4, 0.5) is 10.6 Å². The molecule has 0 unspecified atom stereocenters. The van der Waals surface area contributed by atoms with Crippen LogP contribution in [0, 0.1) is 12.8 Å². The van der Waals surface area contributed by atoms with Gasteiger partial charge in [0.25, 0.3) is 0 Å². The molecule has 1 aromatic rings. The minimum Gasteiger partial charge on any atom is -0.444 e. The normalized spacial score (nSPS) is 18.7. The molecule has 6 nitrogen and oxygen atoms in total. The van der Waals surface area contributed by atoms with Gasteiger partial charge >= 0.3 is 6.09 Å². The lowest BCUT2D eigenvalue weighted by Crippen LogP contribution is -2.35. The van der Waals surface area contributed by atoms with Crippen LogP contribution >= 0.6 is 0 Å². The number of likely N-dealkylation sites (tertiary alicyclic amines) is 1. The van der Waals surface area contributed by atoms with Crippen LogP contribution in [0.25, 0.3) is 0 Å². The van der Waals surface area contributed by atoms with E-state index < -0.39 is 5.60 Å². The summed E-state index contributed by atoms with van der Waals surface area (Å²) in [6.45, 7) is 9.85. The smallest absolute Gasteiger partial charge is 0.410 e. The van der Waals surface area contributed by atoms with Crippen LogP contribution in [0.15, 0.2) is 12.4 Å². The topological polar surface area (TPSA) is 67.4 Å². The Balaban J connectivity index is 1.80. The predicted octanol–water partition coefficient (Wildman–Crippen LogP) is 2.45. The highest BCUT2D eigenvalue weighted by Crippen LogP contribution is 2.20. The zero-order valence-electron chi connectivity index (χ0n) is 13.2. The standard InChI is InChI=1S/C15H24N4O2/c1-11-13(17-7-6-16-11)18-9-12-5-8-19(10-12)14(20)21-15(2,3)4/h6-7,12H,5,8-10H2,1-4H3,(H,17,18)/t12-/m1/s1. The number of rotatable bonds is 3. The molecular formula is C15H24N4O2. The molecule has 1 atom stereocenters. The van der Waals surface area contributed by atoms with Gasteiger partial charge in [0.2, 0.25) is 0 Å². The Morgan fingerprint density at radius 2 is 2.14 bits per heavy atom. The van der Waals surface area contributed by atoms with E-state index in [4.69, 9.17) is 4.74 Å². The predicted molar refractivity (Wildman–Crippen MR) is 81.2 cm³/mol. The summed E-state index contributed by atoms with van der Waals surface area (Å²) in [7, 11) is 0. The van der Waals surface area contributed by atoms with E-state index in [-0.39, 0.29) is 6.09 Å². The molecule has 1 N–H and O–H groups in total. The Kier molecular flexibility index (Phi) is 4.65. The van der Waals surface area contributed by atoms with Gasteiger partial charge in [0, 0.05) is 32.0 Å². The highest BCUT2D eigenvalue weighted by Gasteiger charge is 2.29. The Bertz CT molecular complexity index is 499. The van der Waals surface area contributed by atoms with Crippen molar-refractivity contribution < 1.29 is 9.53 Å². The first kappa shape index (κ1) is 15.5. The SMILES string of the molecule is Cc1nccnc1NC[C@H]1CCN(C(=O)OC(C)(C)C)C1. The van der Waals surface area contributed by atoms with Gasteiger partial charge in [-0.15, -0.1) is 0 Å². The molecule has 1 aliphatic heterocycles. The molecule has 2 rings (SSSR count). The molecule has 0 bridgehead atoms. The van der Waals surface area contributed by atoms with Gasteiger partial charge in [-0.1, -0.05) is 0 Å². The van der Waals surface area contributed by atoms with E-state index in [0.29, 0.717) is 5.92 Å². The monoisotopic (exact) mass is 292 g/mol. The van der Waals surface area contributed by atoms with Gasteiger partial charge < -0.3 is 15.0 Å². The molecule has 0 spiro atoms. The molecule has 1 aromatic heterocycles. The largest absolute Gasteiger partial charge is 0.444 e. The van der Waals surface area contributed by atoms with E-state index in [1.807, 2.05) is 27.7 Å². The van der Waals surface area contributed by atoms with E-state index in [2.05, 4.69) is 15.3 Å². The second kappa shape index (κ2) is 6.28. The lowest BCUT2D eigenvalue weighted by atomic mass is 10.1. The highest BCUT2D eigenvalue weighted by atomic mass is 16.6. The van der Waals surface area contributed by atoms with Crippen LogP contribution in [0.5, 0.6) is 0 Å². The van der Waals surface area contributed by atoms with Crippen molar-refractivity contribution in [1.29, 1.82) is 0 Å². The second-order valence-corrected chi connectivity index (χ2v) is 6.45. The second-order valence-electron chi connectivity index (χ2n) is 6.45. The summed E-state index contributed by atoms with van der Waals surface area (Å²) in [4.78, 5) is 22.2. The Morgan fingerprint density at radius 1 is 1.43 bits per heavy atom. The van der Waals surface area contributed by atoms with Crippen LogP contribution < -0.4 is 5.32 Å². The van der Waals surface area contributed by atoms with Gasteiger partial charge in [0.05, 0.1) is 5.69 Å². The summed E-state index contributed by atoms with van der Waals surface area (Å²) >= 11 is 0. The molecule has 0 aliphatic carbocycles. The van der Waals surface area contributed by atoms with Crippen molar-refractivity contribution in [3.63, 3.8) is 0 Å². The number of hydrogen-bond acceptors (Lipinski definition) is 5. The van der Waals surface area contributed by atoms with Crippen molar-refractivity contribution in [3.8, 4) is 0 Å². The number of nitrogens with one attached hydrogen (secondary N) is 1. The van der Waals surface area contributed by atoms with Crippen LogP contribution in [-0.2, 0) is 4.74 Å². The molecule has 0 radical (unpaired) electrons. The van der Waals surface area contributed by atoms with Gasteiger partial charge in [0.15, 0.2) is 0 Å². The van der Waals surface area contributed by atoms with Crippen molar-refractivity contribution in [1.82, 2.24) is 14.9 Å². The van der Waals surface area contributed by atoms with E-state index in [0.717, 1.165) is 37.6 Å². The van der Waals surface area contributed by atoms with Gasteiger partial charge in [-0.25, -0.2) is 9.78 Å². The van der Waals surface area contributed by atoms with Gasteiger partial charge in [-0.3, -0.25) is 4.98 Å². The first-order valence-corrected chi connectivity index (χ1v) is 7.34. The maximum Gasteiger partial charge on any atom is 0.410 e. The van der Waals surface area contributed by atoms with Crippen molar-refractivity contribution >= 4 is 11.9 Å². The summed E-state index contributed by atoms with van der Waals surface area (Å²) in [6, 6.07) is 0.